The van der Waals surface area contributed by atoms with Crippen LogP contribution in [0.1, 0.15) is 29.9 Å². The van der Waals surface area contributed by atoms with E-state index in [0.29, 0.717) is 0 Å². The molecule has 0 saturated carbocycles. The fourth-order valence-corrected chi connectivity index (χ4v) is 4.19. The number of likely N-dealkylation sites (N-methyl/N-ethyl adjacent to an activating group) is 1. The SMILES string of the molecule is CCN1CCN(C(c2ccccn2)c2c(C)[nH]c3ccc([N+](=O)[O-])cc23)CC1. The van der Waals surface area contributed by atoms with Gasteiger partial charge in [0.25, 0.3) is 5.69 Å². The molecule has 146 valence electrons. The Morgan fingerprint density at radius 3 is 2.64 bits per heavy atom. The van der Waals surface area contributed by atoms with Gasteiger partial charge in [0.05, 0.1) is 16.7 Å². The number of pyridine rings is 1. The van der Waals surface area contributed by atoms with E-state index in [1.54, 1.807) is 18.2 Å². The normalized spacial score (nSPS) is 17.1. The van der Waals surface area contributed by atoms with Crippen LogP contribution in [0.15, 0.2) is 42.6 Å². The maximum absolute atomic E-state index is 11.3. The summed E-state index contributed by atoms with van der Waals surface area (Å²) in [5.74, 6) is 0. The number of hydrogen-bond donors (Lipinski definition) is 1. The van der Waals surface area contributed by atoms with Gasteiger partial charge in [-0.3, -0.25) is 20.0 Å². The Morgan fingerprint density at radius 2 is 2.00 bits per heavy atom. The second-order valence-electron chi connectivity index (χ2n) is 7.28. The van der Waals surface area contributed by atoms with E-state index in [2.05, 4.69) is 26.7 Å². The summed E-state index contributed by atoms with van der Waals surface area (Å²) in [6.07, 6.45) is 1.82. The van der Waals surface area contributed by atoms with Crippen molar-refractivity contribution >= 4 is 16.6 Å². The summed E-state index contributed by atoms with van der Waals surface area (Å²) < 4.78 is 0. The molecule has 1 N–H and O–H groups in total. The minimum absolute atomic E-state index is 0.0315. The smallest absolute Gasteiger partial charge is 0.270 e. The molecular formula is C21H25N5O2. The number of fused-ring (bicyclic) bond motifs is 1. The van der Waals surface area contributed by atoms with Gasteiger partial charge < -0.3 is 9.88 Å². The summed E-state index contributed by atoms with van der Waals surface area (Å²) in [5, 5.41) is 12.2. The molecule has 7 nitrogen and oxygen atoms in total. The molecule has 0 aliphatic carbocycles. The van der Waals surface area contributed by atoms with Crippen LogP contribution in [0, 0.1) is 17.0 Å². The lowest BCUT2D eigenvalue weighted by molar-refractivity contribution is -0.384. The number of aromatic amines is 1. The number of non-ortho nitro benzene ring substituents is 1. The molecule has 1 saturated heterocycles. The number of H-pyrrole nitrogens is 1. The number of piperazine rings is 1. The summed E-state index contributed by atoms with van der Waals surface area (Å²) in [7, 11) is 0. The second kappa shape index (κ2) is 7.69. The number of rotatable bonds is 5. The van der Waals surface area contributed by atoms with Crippen LogP contribution < -0.4 is 0 Å². The van der Waals surface area contributed by atoms with Crippen molar-refractivity contribution in [3.05, 3.63) is 69.7 Å². The quantitative estimate of drug-likeness (QED) is 0.542. The largest absolute Gasteiger partial charge is 0.358 e. The third-order valence-corrected chi connectivity index (χ3v) is 5.69. The van der Waals surface area contributed by atoms with Crippen molar-refractivity contribution in [3.63, 3.8) is 0 Å². The van der Waals surface area contributed by atoms with E-state index in [0.717, 1.165) is 60.6 Å². The van der Waals surface area contributed by atoms with Gasteiger partial charge in [0.15, 0.2) is 0 Å². The van der Waals surface area contributed by atoms with Crippen LogP contribution in [-0.4, -0.2) is 57.4 Å². The molecule has 4 rings (SSSR count). The predicted molar refractivity (Wildman–Crippen MR) is 109 cm³/mol. The van der Waals surface area contributed by atoms with Gasteiger partial charge in [-0.05, 0) is 31.7 Å². The molecule has 0 spiro atoms. The summed E-state index contributed by atoms with van der Waals surface area (Å²) in [4.78, 5) is 24.0. The van der Waals surface area contributed by atoms with Gasteiger partial charge in [0, 0.05) is 66.7 Å². The number of nitro benzene ring substituents is 1. The van der Waals surface area contributed by atoms with Gasteiger partial charge in [-0.15, -0.1) is 0 Å². The number of nitrogens with one attached hydrogen (secondary N) is 1. The highest BCUT2D eigenvalue weighted by atomic mass is 16.6. The van der Waals surface area contributed by atoms with E-state index in [4.69, 9.17) is 0 Å². The summed E-state index contributed by atoms with van der Waals surface area (Å²) in [6, 6.07) is 11.0. The molecule has 0 amide bonds. The lowest BCUT2D eigenvalue weighted by Gasteiger charge is -2.39. The standard InChI is InChI=1S/C21H25N5O2/c1-3-24-10-12-25(13-11-24)21(19-6-4-5-9-22-19)20-15(2)23-18-8-7-16(26(27)28)14-17(18)20/h4-9,14,21,23H,3,10-13H2,1-2H3. The van der Waals surface area contributed by atoms with Crippen LogP contribution in [0.25, 0.3) is 10.9 Å². The highest BCUT2D eigenvalue weighted by molar-refractivity contribution is 5.87. The van der Waals surface area contributed by atoms with E-state index in [9.17, 15) is 10.1 Å². The molecule has 1 aliphatic rings. The van der Waals surface area contributed by atoms with Crippen molar-refractivity contribution in [2.75, 3.05) is 32.7 Å². The first kappa shape index (κ1) is 18.6. The van der Waals surface area contributed by atoms with E-state index < -0.39 is 0 Å². The van der Waals surface area contributed by atoms with Crippen molar-refractivity contribution in [2.24, 2.45) is 0 Å². The Bertz CT molecular complexity index is 977. The minimum atomic E-state index is -0.332. The lowest BCUT2D eigenvalue weighted by atomic mass is 9.97. The number of aryl methyl sites for hydroxylation is 1. The maximum Gasteiger partial charge on any atom is 0.270 e. The second-order valence-corrected chi connectivity index (χ2v) is 7.28. The molecule has 1 unspecified atom stereocenters. The Balaban J connectivity index is 1.84. The van der Waals surface area contributed by atoms with Crippen LogP contribution in [0.3, 0.4) is 0 Å². The van der Waals surface area contributed by atoms with Crippen molar-refractivity contribution in [1.82, 2.24) is 19.8 Å². The number of aromatic nitrogens is 2. The summed E-state index contributed by atoms with van der Waals surface area (Å²) >= 11 is 0. The predicted octanol–water partition coefficient (Wildman–Crippen LogP) is 3.51. The van der Waals surface area contributed by atoms with E-state index >= 15 is 0 Å². The molecule has 1 atom stereocenters. The van der Waals surface area contributed by atoms with Crippen LogP contribution >= 0.6 is 0 Å². The Hall–Kier alpha value is -2.77. The van der Waals surface area contributed by atoms with Crippen molar-refractivity contribution < 1.29 is 4.92 Å². The molecule has 28 heavy (non-hydrogen) atoms. The lowest BCUT2D eigenvalue weighted by Crippen LogP contribution is -2.47. The molecule has 1 aliphatic heterocycles. The summed E-state index contributed by atoms with van der Waals surface area (Å²) in [6.45, 7) is 9.20. The van der Waals surface area contributed by atoms with Gasteiger partial charge >= 0.3 is 0 Å². The third kappa shape index (κ3) is 3.39. The van der Waals surface area contributed by atoms with Gasteiger partial charge in [-0.25, -0.2) is 0 Å². The fourth-order valence-electron chi connectivity index (χ4n) is 4.19. The Kier molecular flexibility index (Phi) is 5.11. The highest BCUT2D eigenvalue weighted by Crippen LogP contribution is 2.37. The molecule has 1 fully saturated rings. The third-order valence-electron chi connectivity index (χ3n) is 5.69. The number of benzene rings is 1. The van der Waals surface area contributed by atoms with Gasteiger partial charge in [-0.2, -0.15) is 0 Å². The first-order chi connectivity index (χ1) is 13.6. The molecule has 2 aromatic heterocycles. The van der Waals surface area contributed by atoms with E-state index in [1.807, 2.05) is 31.3 Å². The maximum atomic E-state index is 11.3. The van der Waals surface area contributed by atoms with Gasteiger partial charge in [0.2, 0.25) is 0 Å². The van der Waals surface area contributed by atoms with Crippen molar-refractivity contribution in [3.8, 4) is 0 Å². The Morgan fingerprint density at radius 1 is 1.21 bits per heavy atom. The molecule has 1 aromatic carbocycles. The van der Waals surface area contributed by atoms with Crippen molar-refractivity contribution in [2.45, 2.75) is 19.9 Å². The number of nitrogens with zero attached hydrogens (tertiary/aromatic N) is 4. The molecule has 7 heteroatoms. The number of nitro groups is 1. The van der Waals surface area contributed by atoms with Gasteiger partial charge in [-0.1, -0.05) is 13.0 Å². The molecular weight excluding hydrogens is 354 g/mol. The average Bonchev–Trinajstić information content (AvgIpc) is 3.04. The minimum Gasteiger partial charge on any atom is -0.358 e. The first-order valence-corrected chi connectivity index (χ1v) is 9.72. The number of hydrogen-bond acceptors (Lipinski definition) is 5. The van der Waals surface area contributed by atoms with Crippen LogP contribution in [0.5, 0.6) is 0 Å². The van der Waals surface area contributed by atoms with Gasteiger partial charge in [0.1, 0.15) is 0 Å². The molecule has 0 bridgehead atoms. The topological polar surface area (TPSA) is 78.3 Å². The zero-order chi connectivity index (χ0) is 19.7. The molecule has 3 aromatic rings. The van der Waals surface area contributed by atoms with E-state index in [1.165, 1.54) is 0 Å². The summed E-state index contributed by atoms with van der Waals surface area (Å²) in [5.41, 5.74) is 4.13. The highest BCUT2D eigenvalue weighted by Gasteiger charge is 2.30. The molecule has 3 heterocycles. The van der Waals surface area contributed by atoms with Crippen LogP contribution in [0.2, 0.25) is 0 Å². The fraction of sp³-hybridized carbons (Fsp3) is 0.381. The molecule has 0 radical (unpaired) electrons. The average molecular weight is 379 g/mol. The Labute approximate surface area is 164 Å². The first-order valence-electron chi connectivity index (χ1n) is 9.72. The zero-order valence-corrected chi connectivity index (χ0v) is 16.3. The van der Waals surface area contributed by atoms with Crippen LogP contribution in [0.4, 0.5) is 5.69 Å². The van der Waals surface area contributed by atoms with Crippen molar-refractivity contribution in [1.29, 1.82) is 0 Å². The van der Waals surface area contributed by atoms with E-state index in [-0.39, 0.29) is 16.7 Å². The zero-order valence-electron chi connectivity index (χ0n) is 16.3. The monoisotopic (exact) mass is 379 g/mol. The van der Waals surface area contributed by atoms with Crippen LogP contribution in [-0.2, 0) is 0 Å².